The summed E-state index contributed by atoms with van der Waals surface area (Å²) in [5, 5.41) is 16.1. The monoisotopic (exact) mass is 368 g/mol. The minimum atomic E-state index is 0.218. The highest BCUT2D eigenvalue weighted by Crippen LogP contribution is 2.34. The number of nitrogens with zero attached hydrogens (tertiary/aromatic N) is 3. The predicted octanol–water partition coefficient (Wildman–Crippen LogP) is 5.69. The van der Waals surface area contributed by atoms with Crippen molar-refractivity contribution >= 4 is 27.8 Å². The standard InChI is InChI=1S/C19H20N4O2S/c1-12(2)15-10-16(23-24)13(3)9-17(15)25-11-18-21-22-19(26-18)20-14-7-5-4-6-8-14/h4-10,12H,11H2,1-3H3,(H,20,22). The second-order valence-electron chi connectivity index (χ2n) is 6.20. The van der Waals surface area contributed by atoms with Gasteiger partial charge in [0.25, 0.3) is 0 Å². The highest BCUT2D eigenvalue weighted by molar-refractivity contribution is 7.15. The summed E-state index contributed by atoms with van der Waals surface area (Å²) in [5.74, 6) is 0.966. The lowest BCUT2D eigenvalue weighted by atomic mass is 9.99. The van der Waals surface area contributed by atoms with E-state index in [1.165, 1.54) is 11.3 Å². The first-order valence-electron chi connectivity index (χ1n) is 8.32. The Bertz CT molecular complexity index is 894. The molecule has 3 rings (SSSR count). The molecule has 0 amide bonds. The van der Waals surface area contributed by atoms with Crippen LogP contribution < -0.4 is 10.1 Å². The highest BCUT2D eigenvalue weighted by atomic mass is 32.1. The zero-order chi connectivity index (χ0) is 18.5. The van der Waals surface area contributed by atoms with E-state index in [9.17, 15) is 4.91 Å². The Balaban J connectivity index is 1.71. The third kappa shape index (κ3) is 4.23. The first-order chi connectivity index (χ1) is 12.6. The molecule has 0 aliphatic rings. The number of aryl methyl sites for hydroxylation is 1. The lowest BCUT2D eigenvalue weighted by Gasteiger charge is -2.15. The van der Waals surface area contributed by atoms with Crippen molar-refractivity contribution in [2.45, 2.75) is 33.3 Å². The van der Waals surface area contributed by atoms with Gasteiger partial charge in [-0.15, -0.1) is 15.1 Å². The van der Waals surface area contributed by atoms with Crippen LogP contribution in [0.2, 0.25) is 0 Å². The van der Waals surface area contributed by atoms with Crippen molar-refractivity contribution in [3.63, 3.8) is 0 Å². The Hall–Kier alpha value is -2.80. The Morgan fingerprint density at radius 1 is 1.19 bits per heavy atom. The van der Waals surface area contributed by atoms with Gasteiger partial charge in [-0.1, -0.05) is 43.4 Å². The van der Waals surface area contributed by atoms with Gasteiger partial charge in [0, 0.05) is 5.69 Å². The summed E-state index contributed by atoms with van der Waals surface area (Å²) in [6.07, 6.45) is 0. The molecule has 1 heterocycles. The third-order valence-electron chi connectivity index (χ3n) is 3.89. The Morgan fingerprint density at radius 2 is 1.96 bits per heavy atom. The Morgan fingerprint density at radius 3 is 2.65 bits per heavy atom. The van der Waals surface area contributed by atoms with Crippen molar-refractivity contribution in [3.05, 3.63) is 63.5 Å². The van der Waals surface area contributed by atoms with Gasteiger partial charge in [0.15, 0.2) is 5.01 Å². The SMILES string of the molecule is Cc1cc(OCc2nnc(Nc3ccccc3)s2)c(C(C)C)cc1N=O. The largest absolute Gasteiger partial charge is 0.486 e. The van der Waals surface area contributed by atoms with Crippen LogP contribution in [0.3, 0.4) is 0 Å². The van der Waals surface area contributed by atoms with Gasteiger partial charge in [-0.25, -0.2) is 0 Å². The minimum Gasteiger partial charge on any atom is -0.486 e. The molecule has 26 heavy (non-hydrogen) atoms. The van der Waals surface area contributed by atoms with Crippen LogP contribution in [0.25, 0.3) is 0 Å². The molecular weight excluding hydrogens is 348 g/mol. The quantitative estimate of drug-likeness (QED) is 0.542. The minimum absolute atomic E-state index is 0.218. The Kier molecular flexibility index (Phi) is 5.58. The molecular formula is C19H20N4O2S. The number of nitroso groups, excluding NO2 is 1. The lowest BCUT2D eigenvalue weighted by Crippen LogP contribution is -2.00. The van der Waals surface area contributed by atoms with Crippen molar-refractivity contribution in [2.24, 2.45) is 5.18 Å². The van der Waals surface area contributed by atoms with Crippen molar-refractivity contribution in [3.8, 4) is 5.75 Å². The van der Waals surface area contributed by atoms with E-state index in [1.807, 2.05) is 43.3 Å². The van der Waals surface area contributed by atoms with Crippen LogP contribution in [0.4, 0.5) is 16.5 Å². The van der Waals surface area contributed by atoms with E-state index in [1.54, 1.807) is 6.07 Å². The normalized spacial score (nSPS) is 10.8. The first-order valence-corrected chi connectivity index (χ1v) is 9.13. The molecule has 3 aromatic rings. The van der Waals surface area contributed by atoms with Crippen molar-refractivity contribution in [2.75, 3.05) is 5.32 Å². The average Bonchev–Trinajstić information content (AvgIpc) is 3.08. The number of benzene rings is 2. The number of aromatic nitrogens is 2. The second kappa shape index (κ2) is 8.05. The van der Waals surface area contributed by atoms with E-state index in [0.717, 1.165) is 32.7 Å². The summed E-state index contributed by atoms with van der Waals surface area (Å²) in [6, 6.07) is 13.5. The van der Waals surface area contributed by atoms with Crippen LogP contribution in [0.5, 0.6) is 5.75 Å². The number of hydrogen-bond donors (Lipinski definition) is 1. The summed E-state index contributed by atoms with van der Waals surface area (Å²) in [5.41, 5.74) is 3.16. The molecule has 0 aliphatic carbocycles. The third-order valence-corrected chi connectivity index (χ3v) is 4.70. The summed E-state index contributed by atoms with van der Waals surface area (Å²) in [7, 11) is 0. The van der Waals surface area contributed by atoms with E-state index in [4.69, 9.17) is 4.74 Å². The van der Waals surface area contributed by atoms with Gasteiger partial charge in [-0.3, -0.25) is 0 Å². The molecule has 0 spiro atoms. The number of ether oxygens (including phenoxy) is 1. The molecule has 0 saturated heterocycles. The number of hydrogen-bond acceptors (Lipinski definition) is 7. The summed E-state index contributed by atoms with van der Waals surface area (Å²) >= 11 is 1.45. The zero-order valence-corrected chi connectivity index (χ0v) is 15.7. The number of anilines is 2. The molecule has 0 bridgehead atoms. The predicted molar refractivity (Wildman–Crippen MR) is 105 cm³/mol. The molecule has 0 unspecified atom stereocenters. The van der Waals surface area contributed by atoms with Gasteiger partial charge >= 0.3 is 0 Å². The Labute approximate surface area is 156 Å². The number of rotatable bonds is 7. The molecule has 2 aromatic carbocycles. The highest BCUT2D eigenvalue weighted by Gasteiger charge is 2.14. The van der Waals surface area contributed by atoms with Crippen LogP contribution >= 0.6 is 11.3 Å². The molecule has 0 saturated carbocycles. The van der Waals surface area contributed by atoms with Crippen LogP contribution in [-0.4, -0.2) is 10.2 Å². The second-order valence-corrected chi connectivity index (χ2v) is 7.27. The summed E-state index contributed by atoms with van der Waals surface area (Å²) in [4.78, 5) is 10.9. The van der Waals surface area contributed by atoms with Crippen LogP contribution in [0.15, 0.2) is 47.6 Å². The van der Waals surface area contributed by atoms with E-state index in [-0.39, 0.29) is 5.92 Å². The summed E-state index contributed by atoms with van der Waals surface area (Å²) in [6.45, 7) is 6.28. The molecule has 0 fully saturated rings. The molecule has 6 nitrogen and oxygen atoms in total. The molecule has 0 aliphatic heterocycles. The smallest absolute Gasteiger partial charge is 0.210 e. The maximum atomic E-state index is 10.9. The van der Waals surface area contributed by atoms with Crippen molar-refractivity contribution < 1.29 is 4.74 Å². The molecule has 0 atom stereocenters. The van der Waals surface area contributed by atoms with Gasteiger partial charge in [-0.2, -0.15) is 0 Å². The maximum Gasteiger partial charge on any atom is 0.210 e. The molecule has 7 heteroatoms. The van der Waals surface area contributed by atoms with Gasteiger partial charge in [-0.05, 0) is 53.4 Å². The summed E-state index contributed by atoms with van der Waals surface area (Å²) < 4.78 is 5.96. The van der Waals surface area contributed by atoms with Crippen LogP contribution in [0, 0.1) is 11.8 Å². The van der Waals surface area contributed by atoms with E-state index < -0.39 is 0 Å². The first kappa shape index (κ1) is 18.0. The molecule has 134 valence electrons. The van der Waals surface area contributed by atoms with Crippen LogP contribution in [0.1, 0.15) is 35.9 Å². The molecule has 1 aromatic heterocycles. The van der Waals surface area contributed by atoms with Gasteiger partial charge in [0.1, 0.15) is 18.0 Å². The number of para-hydroxylation sites is 1. The van der Waals surface area contributed by atoms with Crippen LogP contribution in [-0.2, 0) is 6.61 Å². The van der Waals surface area contributed by atoms with Crippen molar-refractivity contribution in [1.82, 2.24) is 10.2 Å². The van der Waals surface area contributed by atoms with Crippen molar-refractivity contribution in [1.29, 1.82) is 0 Å². The number of nitrogens with one attached hydrogen (secondary N) is 1. The van der Waals surface area contributed by atoms with Gasteiger partial charge in [0.2, 0.25) is 5.13 Å². The fourth-order valence-corrected chi connectivity index (χ4v) is 3.18. The topological polar surface area (TPSA) is 76.5 Å². The molecule has 1 N–H and O–H groups in total. The maximum absolute atomic E-state index is 10.9. The van der Waals surface area contributed by atoms with E-state index in [2.05, 4.69) is 34.5 Å². The zero-order valence-electron chi connectivity index (χ0n) is 14.9. The fraction of sp³-hybridized carbons (Fsp3) is 0.263. The van der Waals surface area contributed by atoms with Gasteiger partial charge < -0.3 is 10.1 Å². The fourth-order valence-electron chi connectivity index (χ4n) is 2.51. The lowest BCUT2D eigenvalue weighted by molar-refractivity contribution is 0.300. The average molecular weight is 368 g/mol. The van der Waals surface area contributed by atoms with E-state index in [0.29, 0.717) is 12.3 Å². The van der Waals surface area contributed by atoms with Gasteiger partial charge in [0.05, 0.1) is 0 Å². The molecule has 0 radical (unpaired) electrons. The van der Waals surface area contributed by atoms with E-state index >= 15 is 0 Å².